The van der Waals surface area contributed by atoms with Crippen molar-refractivity contribution >= 4 is 17.7 Å². The summed E-state index contributed by atoms with van der Waals surface area (Å²) in [5.41, 5.74) is 0.490. The fraction of sp³-hybridized carbons (Fsp3) is 0.385. The van der Waals surface area contributed by atoms with Crippen molar-refractivity contribution in [2.45, 2.75) is 6.92 Å². The topological polar surface area (TPSA) is 58.6 Å². The lowest BCUT2D eigenvalue weighted by Crippen LogP contribution is -2.37. The van der Waals surface area contributed by atoms with Crippen LogP contribution >= 0.6 is 0 Å². The number of ether oxygens (including phenoxy) is 1. The predicted octanol–water partition coefficient (Wildman–Crippen LogP) is 2.10. The van der Waals surface area contributed by atoms with Crippen LogP contribution in [0.25, 0.3) is 0 Å². The number of carbonyl (C=O) groups excluding carboxylic acids is 2. The molecule has 19 heavy (non-hydrogen) atoms. The monoisotopic (exact) mass is 268 g/mol. The number of anilines is 1. The Labute approximate surface area is 111 Å². The molecule has 1 rings (SSSR count). The van der Waals surface area contributed by atoms with Crippen molar-refractivity contribution in [3.8, 4) is 0 Å². The minimum absolute atomic E-state index is 0.236. The summed E-state index contributed by atoms with van der Waals surface area (Å²) in [5, 5.41) is 2.60. The van der Waals surface area contributed by atoms with Gasteiger partial charge in [-0.2, -0.15) is 0 Å². The Morgan fingerprint density at radius 1 is 1.37 bits per heavy atom. The molecule has 0 aliphatic carbocycles. The Balaban J connectivity index is 2.53. The molecule has 0 bridgehead atoms. The molecule has 1 unspecified atom stereocenters. The number of halogens is 1. The number of rotatable bonds is 4. The van der Waals surface area contributed by atoms with Gasteiger partial charge in [0.05, 0.1) is 13.0 Å². The van der Waals surface area contributed by atoms with E-state index in [2.05, 4.69) is 10.1 Å². The van der Waals surface area contributed by atoms with E-state index in [1.54, 1.807) is 14.0 Å². The smallest absolute Gasteiger partial charge is 0.321 e. The van der Waals surface area contributed by atoms with E-state index in [0.29, 0.717) is 5.69 Å². The lowest BCUT2D eigenvalue weighted by atomic mass is 10.2. The first kappa shape index (κ1) is 14.9. The van der Waals surface area contributed by atoms with Gasteiger partial charge in [-0.3, -0.25) is 4.79 Å². The zero-order chi connectivity index (χ0) is 14.4. The van der Waals surface area contributed by atoms with Crippen molar-refractivity contribution in [1.82, 2.24) is 4.90 Å². The molecule has 5 nitrogen and oxygen atoms in total. The summed E-state index contributed by atoms with van der Waals surface area (Å²) in [6, 6.07) is 5.07. The van der Waals surface area contributed by atoms with E-state index < -0.39 is 5.92 Å². The zero-order valence-corrected chi connectivity index (χ0v) is 11.1. The molecule has 1 atom stereocenters. The zero-order valence-electron chi connectivity index (χ0n) is 11.1. The molecule has 0 aliphatic heterocycles. The molecule has 0 fully saturated rings. The number of methoxy groups -OCH3 is 1. The van der Waals surface area contributed by atoms with Gasteiger partial charge >= 0.3 is 12.0 Å². The van der Waals surface area contributed by atoms with Gasteiger partial charge in [-0.25, -0.2) is 9.18 Å². The second-order valence-corrected chi connectivity index (χ2v) is 4.24. The molecule has 104 valence electrons. The molecular formula is C13H17FN2O3. The van der Waals surface area contributed by atoms with E-state index in [9.17, 15) is 14.0 Å². The van der Waals surface area contributed by atoms with Gasteiger partial charge in [0.25, 0.3) is 0 Å². The Morgan fingerprint density at radius 2 is 1.95 bits per heavy atom. The first-order valence-electron chi connectivity index (χ1n) is 5.79. The Hall–Kier alpha value is -2.11. The third kappa shape index (κ3) is 4.57. The van der Waals surface area contributed by atoms with E-state index >= 15 is 0 Å². The Morgan fingerprint density at radius 3 is 2.47 bits per heavy atom. The maximum absolute atomic E-state index is 12.7. The van der Waals surface area contributed by atoms with Gasteiger partial charge in [-0.15, -0.1) is 0 Å². The van der Waals surface area contributed by atoms with Crippen LogP contribution in [0.4, 0.5) is 14.9 Å². The van der Waals surface area contributed by atoms with Crippen LogP contribution in [0.1, 0.15) is 6.92 Å². The summed E-state index contributed by atoms with van der Waals surface area (Å²) in [6.45, 7) is 1.91. The average molecular weight is 268 g/mol. The first-order chi connectivity index (χ1) is 8.93. The number of esters is 1. The highest BCUT2D eigenvalue weighted by molar-refractivity contribution is 5.89. The molecule has 0 saturated heterocycles. The van der Waals surface area contributed by atoms with E-state index in [-0.39, 0.29) is 24.4 Å². The van der Waals surface area contributed by atoms with Crippen LogP contribution in [0.2, 0.25) is 0 Å². The molecule has 1 aromatic rings. The Kier molecular flexibility index (Phi) is 5.29. The van der Waals surface area contributed by atoms with Crippen molar-refractivity contribution in [2.75, 3.05) is 26.0 Å². The summed E-state index contributed by atoms with van der Waals surface area (Å²) >= 11 is 0. The van der Waals surface area contributed by atoms with Crippen molar-refractivity contribution in [1.29, 1.82) is 0 Å². The van der Waals surface area contributed by atoms with Gasteiger partial charge in [0, 0.05) is 19.3 Å². The molecule has 6 heteroatoms. The lowest BCUT2D eigenvalue weighted by molar-refractivity contribution is -0.145. The van der Waals surface area contributed by atoms with Gasteiger partial charge in [-0.05, 0) is 24.3 Å². The minimum atomic E-state index is -0.408. The van der Waals surface area contributed by atoms with Crippen LogP contribution in [0, 0.1) is 11.7 Å². The Bertz CT molecular complexity index is 448. The van der Waals surface area contributed by atoms with E-state index in [4.69, 9.17) is 0 Å². The number of amides is 2. The second kappa shape index (κ2) is 6.72. The van der Waals surface area contributed by atoms with Gasteiger partial charge < -0.3 is 15.0 Å². The number of benzene rings is 1. The van der Waals surface area contributed by atoms with Gasteiger partial charge in [-0.1, -0.05) is 6.92 Å². The number of carbonyl (C=O) groups is 2. The maximum atomic E-state index is 12.7. The van der Waals surface area contributed by atoms with Gasteiger partial charge in [0.1, 0.15) is 5.82 Å². The van der Waals surface area contributed by atoms with Crippen LogP contribution in [0.15, 0.2) is 24.3 Å². The molecule has 0 radical (unpaired) electrons. The summed E-state index contributed by atoms with van der Waals surface area (Å²) in [4.78, 5) is 24.4. The van der Waals surface area contributed by atoms with Crippen molar-refractivity contribution in [2.24, 2.45) is 5.92 Å². The third-order valence-corrected chi connectivity index (χ3v) is 2.59. The quantitative estimate of drug-likeness (QED) is 0.851. The van der Waals surface area contributed by atoms with E-state index in [1.807, 2.05) is 0 Å². The van der Waals surface area contributed by atoms with Gasteiger partial charge in [0.2, 0.25) is 0 Å². The van der Waals surface area contributed by atoms with Crippen LogP contribution < -0.4 is 5.32 Å². The molecule has 0 heterocycles. The number of hydrogen-bond acceptors (Lipinski definition) is 3. The molecular weight excluding hydrogens is 251 g/mol. The van der Waals surface area contributed by atoms with Crippen LogP contribution in [-0.4, -0.2) is 37.6 Å². The first-order valence-corrected chi connectivity index (χ1v) is 5.79. The number of urea groups is 1. The number of hydrogen-bond donors (Lipinski definition) is 1. The predicted molar refractivity (Wildman–Crippen MR) is 69.2 cm³/mol. The molecule has 0 aliphatic rings. The standard InChI is InChI=1S/C13H17FN2O3/c1-9(12(17)19-3)8-16(2)13(18)15-11-6-4-10(14)5-7-11/h4-7,9H,8H2,1-3H3,(H,15,18). The molecule has 2 amide bonds. The molecule has 0 aromatic heterocycles. The average Bonchev–Trinajstić information content (AvgIpc) is 2.40. The highest BCUT2D eigenvalue weighted by Gasteiger charge is 2.18. The highest BCUT2D eigenvalue weighted by atomic mass is 19.1. The summed E-state index contributed by atoms with van der Waals surface area (Å²) in [7, 11) is 2.87. The van der Waals surface area contributed by atoms with Crippen LogP contribution in [0.3, 0.4) is 0 Å². The van der Waals surface area contributed by atoms with Crippen LogP contribution in [-0.2, 0) is 9.53 Å². The summed E-state index contributed by atoms with van der Waals surface area (Å²) in [5.74, 6) is -1.15. The largest absolute Gasteiger partial charge is 0.469 e. The second-order valence-electron chi connectivity index (χ2n) is 4.24. The molecule has 1 N–H and O–H groups in total. The molecule has 0 saturated carbocycles. The molecule has 0 spiro atoms. The highest BCUT2D eigenvalue weighted by Crippen LogP contribution is 2.09. The van der Waals surface area contributed by atoms with Gasteiger partial charge in [0.15, 0.2) is 0 Å². The van der Waals surface area contributed by atoms with E-state index in [0.717, 1.165) is 0 Å². The number of nitrogens with zero attached hydrogens (tertiary/aromatic N) is 1. The molecule has 1 aromatic carbocycles. The fourth-order valence-corrected chi connectivity index (χ4v) is 1.52. The van der Waals surface area contributed by atoms with E-state index in [1.165, 1.54) is 36.3 Å². The third-order valence-electron chi connectivity index (χ3n) is 2.59. The minimum Gasteiger partial charge on any atom is -0.469 e. The SMILES string of the molecule is COC(=O)C(C)CN(C)C(=O)Nc1ccc(F)cc1. The lowest BCUT2D eigenvalue weighted by Gasteiger charge is -2.20. The maximum Gasteiger partial charge on any atom is 0.321 e. The van der Waals surface area contributed by atoms with Crippen molar-refractivity contribution in [3.63, 3.8) is 0 Å². The van der Waals surface area contributed by atoms with Crippen molar-refractivity contribution in [3.05, 3.63) is 30.1 Å². The summed E-state index contributed by atoms with van der Waals surface area (Å²) < 4.78 is 17.3. The normalized spacial score (nSPS) is 11.6. The van der Waals surface area contributed by atoms with Crippen LogP contribution in [0.5, 0.6) is 0 Å². The summed E-state index contributed by atoms with van der Waals surface area (Å²) in [6.07, 6.45) is 0. The number of nitrogens with one attached hydrogen (secondary N) is 1. The van der Waals surface area contributed by atoms with Crippen molar-refractivity contribution < 1.29 is 18.7 Å². The fourth-order valence-electron chi connectivity index (χ4n) is 1.52.